The van der Waals surface area contributed by atoms with Crippen LogP contribution in [0.25, 0.3) is 22.2 Å². The van der Waals surface area contributed by atoms with Crippen molar-refractivity contribution in [2.75, 3.05) is 0 Å². The minimum absolute atomic E-state index is 0.0842. The zero-order chi connectivity index (χ0) is 22.9. The Bertz CT molecular complexity index is 1480. The summed E-state index contributed by atoms with van der Waals surface area (Å²) in [5.41, 5.74) is 0.487. The normalized spacial score (nSPS) is 11.0. The molecule has 2 heterocycles. The molecule has 0 amide bonds. The zero-order valence-corrected chi connectivity index (χ0v) is 16.9. The van der Waals surface area contributed by atoms with Gasteiger partial charge in [0.25, 0.3) is 0 Å². The van der Waals surface area contributed by atoms with Crippen molar-refractivity contribution in [3.8, 4) is 16.9 Å². The van der Waals surface area contributed by atoms with E-state index in [1.165, 1.54) is 65.8 Å². The molecule has 5 nitrogen and oxygen atoms in total. The number of rotatable bonds is 5. The number of benzene rings is 3. The molecule has 8 heteroatoms. The van der Waals surface area contributed by atoms with E-state index in [4.69, 9.17) is 4.84 Å². The first-order valence-electron chi connectivity index (χ1n) is 9.86. The fourth-order valence-electron chi connectivity index (χ4n) is 3.53. The molecule has 0 saturated heterocycles. The number of aromatic nitrogens is 3. The first kappa shape index (κ1) is 20.4. The van der Waals surface area contributed by atoms with Crippen molar-refractivity contribution < 1.29 is 22.8 Å². The van der Waals surface area contributed by atoms with E-state index < -0.39 is 23.2 Å². The van der Waals surface area contributed by atoms with E-state index in [-0.39, 0.29) is 33.8 Å². The van der Waals surface area contributed by atoms with Crippen LogP contribution in [-0.2, 0) is 0 Å². The molecule has 0 radical (unpaired) electrons. The third-order valence-electron chi connectivity index (χ3n) is 5.07. The topological polar surface area (TPSA) is 57.0 Å². The van der Waals surface area contributed by atoms with Crippen LogP contribution in [0.15, 0.2) is 85.3 Å². The van der Waals surface area contributed by atoms with Gasteiger partial charge in [0.05, 0.1) is 5.56 Å². The van der Waals surface area contributed by atoms with Crippen LogP contribution in [-0.4, -0.2) is 20.5 Å². The molecule has 5 rings (SSSR count). The predicted octanol–water partition coefficient (Wildman–Crippen LogP) is 5.59. The van der Waals surface area contributed by atoms with Gasteiger partial charge in [0.1, 0.15) is 29.5 Å². The van der Waals surface area contributed by atoms with E-state index >= 15 is 0 Å². The Morgan fingerprint density at radius 3 is 2.36 bits per heavy atom. The van der Waals surface area contributed by atoms with E-state index in [0.717, 1.165) is 12.1 Å². The van der Waals surface area contributed by atoms with Gasteiger partial charge >= 0.3 is 0 Å². The SMILES string of the molecule is O=C(c1ccc(F)cc1)c1cc2cncnc2n1Oc1ccccc1-c1c(F)cccc1F. The molecule has 0 aliphatic rings. The van der Waals surface area contributed by atoms with Gasteiger partial charge in [0.2, 0.25) is 5.78 Å². The minimum atomic E-state index is -0.756. The third kappa shape index (κ3) is 3.71. The van der Waals surface area contributed by atoms with Crippen LogP contribution in [0, 0.1) is 17.5 Å². The first-order chi connectivity index (χ1) is 16.0. The van der Waals surface area contributed by atoms with Crippen molar-refractivity contribution in [1.82, 2.24) is 14.7 Å². The highest BCUT2D eigenvalue weighted by molar-refractivity contribution is 6.10. The summed E-state index contributed by atoms with van der Waals surface area (Å²) < 4.78 is 43.5. The number of fused-ring (bicyclic) bond motifs is 1. The van der Waals surface area contributed by atoms with Gasteiger partial charge < -0.3 is 4.84 Å². The zero-order valence-electron chi connectivity index (χ0n) is 16.9. The van der Waals surface area contributed by atoms with Crippen molar-refractivity contribution in [2.24, 2.45) is 0 Å². The Kier molecular flexibility index (Phi) is 5.10. The molecular formula is C25H14F3N3O2. The minimum Gasteiger partial charge on any atom is -0.372 e. The lowest BCUT2D eigenvalue weighted by molar-refractivity contribution is 0.100. The molecule has 0 N–H and O–H groups in total. The van der Waals surface area contributed by atoms with Crippen molar-refractivity contribution in [1.29, 1.82) is 0 Å². The second kappa shape index (κ2) is 8.23. The van der Waals surface area contributed by atoms with Crippen molar-refractivity contribution in [3.63, 3.8) is 0 Å². The number of hydrogen-bond donors (Lipinski definition) is 0. The summed E-state index contributed by atoms with van der Waals surface area (Å²) in [6.45, 7) is 0. The summed E-state index contributed by atoms with van der Waals surface area (Å²) in [6.07, 6.45) is 2.79. The molecular weight excluding hydrogens is 431 g/mol. The second-order valence-corrected chi connectivity index (χ2v) is 7.15. The Hall–Kier alpha value is -4.46. The highest BCUT2D eigenvalue weighted by atomic mass is 19.1. The van der Waals surface area contributed by atoms with Gasteiger partial charge in [-0.1, -0.05) is 24.3 Å². The van der Waals surface area contributed by atoms with E-state index in [1.54, 1.807) is 12.1 Å². The quantitative estimate of drug-likeness (QED) is 0.331. The molecule has 162 valence electrons. The maximum atomic E-state index is 14.5. The number of halogens is 3. The van der Waals surface area contributed by atoms with E-state index in [9.17, 15) is 18.0 Å². The molecule has 0 spiro atoms. The van der Waals surface area contributed by atoms with Crippen LogP contribution >= 0.6 is 0 Å². The van der Waals surface area contributed by atoms with E-state index in [0.29, 0.717) is 5.39 Å². The van der Waals surface area contributed by atoms with Crippen LogP contribution in [0.1, 0.15) is 16.1 Å². The molecule has 0 bridgehead atoms. The van der Waals surface area contributed by atoms with E-state index in [1.807, 2.05) is 0 Å². The number of carbonyl (C=O) groups excluding carboxylic acids is 1. The number of ketones is 1. The molecule has 33 heavy (non-hydrogen) atoms. The number of nitrogens with zero attached hydrogens (tertiary/aromatic N) is 3. The van der Waals surface area contributed by atoms with Gasteiger partial charge in [-0.05, 0) is 48.5 Å². The van der Waals surface area contributed by atoms with Gasteiger partial charge in [-0.2, -0.15) is 4.73 Å². The lowest BCUT2D eigenvalue weighted by Gasteiger charge is -2.15. The Morgan fingerprint density at radius 1 is 0.879 bits per heavy atom. The third-order valence-corrected chi connectivity index (χ3v) is 5.07. The smallest absolute Gasteiger partial charge is 0.212 e. The average molecular weight is 445 g/mol. The number of carbonyl (C=O) groups is 1. The predicted molar refractivity (Wildman–Crippen MR) is 115 cm³/mol. The maximum absolute atomic E-state index is 14.5. The number of hydrogen-bond acceptors (Lipinski definition) is 4. The first-order valence-corrected chi connectivity index (χ1v) is 9.86. The van der Waals surface area contributed by atoms with Gasteiger partial charge in [-0.3, -0.25) is 4.79 Å². The van der Waals surface area contributed by atoms with Crippen LogP contribution in [0.2, 0.25) is 0 Å². The summed E-state index contributed by atoms with van der Waals surface area (Å²) in [5.74, 6) is -2.34. The fourth-order valence-corrected chi connectivity index (χ4v) is 3.53. The lowest BCUT2D eigenvalue weighted by atomic mass is 10.0. The highest BCUT2D eigenvalue weighted by Crippen LogP contribution is 2.34. The molecule has 3 aromatic carbocycles. The molecule has 0 atom stereocenters. The summed E-state index contributed by atoms with van der Waals surface area (Å²) in [5, 5.41) is 0.512. The fraction of sp³-hybridized carbons (Fsp3) is 0. The molecule has 0 fully saturated rings. The van der Waals surface area contributed by atoms with Gasteiger partial charge in [0, 0.05) is 22.7 Å². The van der Waals surface area contributed by atoms with Crippen molar-refractivity contribution >= 4 is 16.8 Å². The molecule has 0 saturated carbocycles. The Morgan fingerprint density at radius 2 is 1.61 bits per heavy atom. The molecule has 2 aromatic heterocycles. The van der Waals surface area contributed by atoms with Crippen LogP contribution < -0.4 is 4.84 Å². The van der Waals surface area contributed by atoms with Crippen LogP contribution in [0.4, 0.5) is 13.2 Å². The largest absolute Gasteiger partial charge is 0.372 e. The Labute approximate surface area is 185 Å². The summed E-state index contributed by atoms with van der Waals surface area (Å²) in [4.78, 5) is 27.4. The van der Waals surface area contributed by atoms with Gasteiger partial charge in [-0.25, -0.2) is 23.1 Å². The van der Waals surface area contributed by atoms with Crippen molar-refractivity contribution in [2.45, 2.75) is 0 Å². The number of para-hydroxylation sites is 1. The molecule has 0 aliphatic carbocycles. The standard InChI is InChI=1S/C25H14F3N3O2/c26-17-10-8-15(9-11-17)24(32)21-12-16-13-29-14-30-25(16)31(21)33-22-7-2-1-4-18(22)23-19(27)5-3-6-20(23)28/h1-14H. The van der Waals surface area contributed by atoms with Gasteiger partial charge in [-0.15, -0.1) is 0 Å². The molecule has 0 aliphatic heterocycles. The summed E-state index contributed by atoms with van der Waals surface area (Å²) in [6, 6.07) is 16.5. The van der Waals surface area contributed by atoms with Crippen LogP contribution in [0.3, 0.4) is 0 Å². The van der Waals surface area contributed by atoms with Crippen molar-refractivity contribution in [3.05, 3.63) is 114 Å². The lowest BCUT2D eigenvalue weighted by Crippen LogP contribution is -2.15. The summed E-state index contributed by atoms with van der Waals surface area (Å²) in [7, 11) is 0. The van der Waals surface area contributed by atoms with Crippen LogP contribution in [0.5, 0.6) is 5.75 Å². The average Bonchev–Trinajstić information content (AvgIpc) is 3.18. The second-order valence-electron chi connectivity index (χ2n) is 7.15. The maximum Gasteiger partial charge on any atom is 0.212 e. The summed E-state index contributed by atoms with van der Waals surface area (Å²) >= 11 is 0. The highest BCUT2D eigenvalue weighted by Gasteiger charge is 2.22. The Balaban J connectivity index is 1.66. The van der Waals surface area contributed by atoms with E-state index in [2.05, 4.69) is 9.97 Å². The molecule has 5 aromatic rings. The molecule has 0 unspecified atom stereocenters. The monoisotopic (exact) mass is 445 g/mol. The van der Waals surface area contributed by atoms with Gasteiger partial charge in [0.15, 0.2) is 11.4 Å².